The van der Waals surface area contributed by atoms with Crippen molar-refractivity contribution in [1.29, 1.82) is 0 Å². The summed E-state index contributed by atoms with van der Waals surface area (Å²) in [5, 5.41) is 9.99. The summed E-state index contributed by atoms with van der Waals surface area (Å²) >= 11 is 5.03. The maximum absolute atomic E-state index is 12.1. The monoisotopic (exact) mass is 537 g/mol. The first kappa shape index (κ1) is 21.8. The second-order valence-electron chi connectivity index (χ2n) is 5.15. The van der Waals surface area contributed by atoms with Crippen LogP contribution in [0.5, 0.6) is 0 Å². The Morgan fingerprint density at radius 2 is 2.08 bits per heavy atom. The summed E-state index contributed by atoms with van der Waals surface area (Å²) in [6, 6.07) is 5.77. The molecule has 1 aromatic carbocycles. The number of hydrogen-bond donors (Lipinski definition) is 3. The Balaban J connectivity index is 0.00000312. The normalized spacial score (nSPS) is 10.8. The van der Waals surface area contributed by atoms with Crippen molar-refractivity contribution in [2.75, 3.05) is 18.9 Å². The third-order valence-electron chi connectivity index (χ3n) is 3.19. The van der Waals surface area contributed by atoms with E-state index in [1.807, 2.05) is 38.2 Å². The van der Waals surface area contributed by atoms with Gasteiger partial charge < -0.3 is 16.0 Å². The number of guanidine groups is 1. The highest BCUT2D eigenvalue weighted by molar-refractivity contribution is 14.0. The molecule has 3 N–H and O–H groups in total. The van der Waals surface area contributed by atoms with Crippen LogP contribution in [0.4, 0.5) is 5.69 Å². The number of anilines is 1. The minimum atomic E-state index is -0.135. The summed E-state index contributed by atoms with van der Waals surface area (Å²) in [7, 11) is 1.67. The summed E-state index contributed by atoms with van der Waals surface area (Å²) in [6.07, 6.45) is 1.84. The van der Waals surface area contributed by atoms with Gasteiger partial charge in [-0.25, -0.2) is 4.98 Å². The molecule has 6 nitrogen and oxygen atoms in total. The molecule has 25 heavy (non-hydrogen) atoms. The first-order chi connectivity index (χ1) is 11.5. The summed E-state index contributed by atoms with van der Waals surface area (Å²) in [6.45, 7) is 4.67. The van der Waals surface area contributed by atoms with Gasteiger partial charge in [0, 0.05) is 28.3 Å². The van der Waals surface area contributed by atoms with Crippen LogP contribution in [0.1, 0.15) is 15.4 Å². The fourth-order valence-corrected chi connectivity index (χ4v) is 3.04. The molecule has 0 spiro atoms. The molecule has 2 rings (SSSR count). The Morgan fingerprint density at radius 3 is 2.72 bits per heavy atom. The Morgan fingerprint density at radius 1 is 1.32 bits per heavy atom. The average molecular weight is 538 g/mol. The lowest BCUT2D eigenvalue weighted by molar-refractivity contribution is -0.115. The number of aromatic nitrogens is 1. The third-order valence-corrected chi connectivity index (χ3v) is 4.60. The second kappa shape index (κ2) is 10.7. The number of carbonyl (C=O) groups is 1. The zero-order valence-electron chi connectivity index (χ0n) is 14.2. The van der Waals surface area contributed by atoms with E-state index in [1.54, 1.807) is 18.4 Å². The van der Waals surface area contributed by atoms with Crippen LogP contribution in [-0.4, -0.2) is 30.4 Å². The molecule has 0 aliphatic rings. The van der Waals surface area contributed by atoms with Gasteiger partial charge in [-0.05, 0) is 31.5 Å². The average Bonchev–Trinajstić information content (AvgIpc) is 2.96. The van der Waals surface area contributed by atoms with Crippen molar-refractivity contribution >= 4 is 68.8 Å². The molecule has 1 amide bonds. The summed E-state index contributed by atoms with van der Waals surface area (Å²) in [5.41, 5.74) is 1.80. The highest BCUT2D eigenvalue weighted by Crippen LogP contribution is 2.20. The minimum absolute atomic E-state index is 0. The van der Waals surface area contributed by atoms with E-state index in [1.165, 1.54) is 4.88 Å². The van der Waals surface area contributed by atoms with Gasteiger partial charge in [-0.15, -0.1) is 35.3 Å². The van der Waals surface area contributed by atoms with Crippen molar-refractivity contribution in [1.82, 2.24) is 15.6 Å². The van der Waals surface area contributed by atoms with Crippen molar-refractivity contribution in [3.63, 3.8) is 0 Å². The first-order valence-corrected chi connectivity index (χ1v) is 9.00. The van der Waals surface area contributed by atoms with Gasteiger partial charge in [-0.2, -0.15) is 0 Å². The molecule has 0 aliphatic carbocycles. The minimum Gasteiger partial charge on any atom is -0.350 e. The summed E-state index contributed by atoms with van der Waals surface area (Å²) < 4.78 is 0.924. The van der Waals surface area contributed by atoms with Crippen LogP contribution in [0, 0.1) is 13.8 Å². The smallest absolute Gasteiger partial charge is 0.243 e. The number of aryl methyl sites for hydroxylation is 2. The van der Waals surface area contributed by atoms with Crippen molar-refractivity contribution < 1.29 is 4.79 Å². The molecule has 0 bridgehead atoms. The number of nitrogens with one attached hydrogen (secondary N) is 3. The van der Waals surface area contributed by atoms with Crippen molar-refractivity contribution in [2.24, 2.45) is 4.99 Å². The lowest BCUT2D eigenvalue weighted by Gasteiger charge is -2.12. The van der Waals surface area contributed by atoms with E-state index in [9.17, 15) is 4.79 Å². The summed E-state index contributed by atoms with van der Waals surface area (Å²) in [5.74, 6) is 0.424. The predicted octanol–water partition coefficient (Wildman–Crippen LogP) is 3.44. The molecule has 1 heterocycles. The number of benzene rings is 1. The number of carbonyl (C=O) groups excluding carboxylic acids is 1. The molecule has 0 saturated carbocycles. The number of aliphatic imine (C=N–C) groups is 1. The highest BCUT2D eigenvalue weighted by atomic mass is 127. The molecular weight excluding hydrogens is 517 g/mol. The van der Waals surface area contributed by atoms with Crippen LogP contribution in [0.15, 0.2) is 33.9 Å². The largest absolute Gasteiger partial charge is 0.350 e. The zero-order valence-corrected chi connectivity index (χ0v) is 19.0. The molecule has 0 aliphatic heterocycles. The number of hydrogen-bond acceptors (Lipinski definition) is 4. The lowest BCUT2D eigenvalue weighted by atomic mass is 10.2. The summed E-state index contributed by atoms with van der Waals surface area (Å²) in [4.78, 5) is 21.6. The zero-order chi connectivity index (χ0) is 17.5. The molecule has 0 fully saturated rings. The predicted molar refractivity (Wildman–Crippen MR) is 118 cm³/mol. The third kappa shape index (κ3) is 7.28. The van der Waals surface area contributed by atoms with E-state index >= 15 is 0 Å². The van der Waals surface area contributed by atoms with Crippen LogP contribution >= 0.6 is 51.2 Å². The van der Waals surface area contributed by atoms with Gasteiger partial charge in [-0.1, -0.05) is 22.0 Å². The Labute approximate surface area is 177 Å². The van der Waals surface area contributed by atoms with Gasteiger partial charge in [0.2, 0.25) is 5.91 Å². The molecule has 0 saturated heterocycles. The molecule has 9 heteroatoms. The fourth-order valence-electron chi connectivity index (χ4n) is 1.95. The van der Waals surface area contributed by atoms with Gasteiger partial charge >= 0.3 is 0 Å². The number of nitrogens with zero attached hydrogens (tertiary/aromatic N) is 2. The van der Waals surface area contributed by atoms with Crippen molar-refractivity contribution in [3.8, 4) is 0 Å². The van der Waals surface area contributed by atoms with Gasteiger partial charge in [-0.3, -0.25) is 9.79 Å². The van der Waals surface area contributed by atoms with E-state index in [-0.39, 0.29) is 36.4 Å². The van der Waals surface area contributed by atoms with Gasteiger partial charge in [0.1, 0.15) is 5.01 Å². The van der Waals surface area contributed by atoms with Crippen molar-refractivity contribution in [2.45, 2.75) is 20.4 Å². The Kier molecular flexibility index (Phi) is 9.36. The van der Waals surface area contributed by atoms with Crippen LogP contribution in [-0.2, 0) is 11.3 Å². The SMILES string of the molecule is CN=C(NCC(=O)Nc1cc(Br)ccc1C)NCc1ncc(C)s1.I. The van der Waals surface area contributed by atoms with Gasteiger partial charge in [0.15, 0.2) is 5.96 Å². The molecule has 136 valence electrons. The molecule has 2 aromatic rings. The van der Waals surface area contributed by atoms with Crippen LogP contribution in [0.25, 0.3) is 0 Å². The number of rotatable bonds is 5. The second-order valence-corrected chi connectivity index (χ2v) is 7.39. The highest BCUT2D eigenvalue weighted by Gasteiger charge is 2.07. The fraction of sp³-hybridized carbons (Fsp3) is 0.312. The maximum atomic E-state index is 12.1. The maximum Gasteiger partial charge on any atom is 0.243 e. The van der Waals surface area contributed by atoms with E-state index in [2.05, 4.69) is 41.9 Å². The van der Waals surface area contributed by atoms with Crippen LogP contribution < -0.4 is 16.0 Å². The van der Waals surface area contributed by atoms with Crippen LogP contribution in [0.2, 0.25) is 0 Å². The van der Waals surface area contributed by atoms with E-state index in [4.69, 9.17) is 0 Å². The quantitative estimate of drug-likeness (QED) is 0.310. The Bertz CT molecular complexity index is 750. The molecule has 0 radical (unpaired) electrons. The lowest BCUT2D eigenvalue weighted by Crippen LogP contribution is -2.41. The van der Waals surface area contributed by atoms with Gasteiger partial charge in [0.05, 0.1) is 13.1 Å². The van der Waals surface area contributed by atoms with Gasteiger partial charge in [0.25, 0.3) is 0 Å². The number of thiazole rings is 1. The topological polar surface area (TPSA) is 78.4 Å². The molecular formula is C16H21BrIN5OS. The molecule has 0 atom stereocenters. The van der Waals surface area contributed by atoms with E-state index in [0.29, 0.717) is 12.5 Å². The molecule has 0 unspecified atom stereocenters. The standard InChI is InChI=1S/C16H20BrN5OS.HI/c1-10-4-5-12(17)6-13(10)22-14(23)8-20-16(18-3)21-9-15-19-7-11(2)24-15;/h4-7H,8-9H2,1-3H3,(H,22,23)(H2,18,20,21);1H. The van der Waals surface area contributed by atoms with Crippen molar-refractivity contribution in [3.05, 3.63) is 44.3 Å². The molecule has 1 aromatic heterocycles. The number of amides is 1. The van der Waals surface area contributed by atoms with E-state index < -0.39 is 0 Å². The van der Waals surface area contributed by atoms with E-state index in [0.717, 1.165) is 20.7 Å². The number of halogens is 2. The van der Waals surface area contributed by atoms with Crippen LogP contribution in [0.3, 0.4) is 0 Å². The Hall–Kier alpha value is -1.20. The first-order valence-electron chi connectivity index (χ1n) is 7.39.